The van der Waals surface area contributed by atoms with Crippen LogP contribution in [0, 0.1) is 0 Å². The summed E-state index contributed by atoms with van der Waals surface area (Å²) in [5.74, 6) is -0.418. The molecule has 0 saturated heterocycles. The quantitative estimate of drug-likeness (QED) is 0.787. The van der Waals surface area contributed by atoms with Crippen LogP contribution < -0.4 is 9.46 Å². The Bertz CT molecular complexity index is 810. The second kappa shape index (κ2) is 6.07. The Morgan fingerprint density at radius 3 is 2.59 bits per heavy atom. The Morgan fingerprint density at radius 1 is 1.45 bits per heavy atom. The normalized spacial score (nSPS) is 12.4. The smallest absolute Gasteiger partial charge is 0.387 e. The third-order valence-corrected chi connectivity index (χ3v) is 4.92. The van der Waals surface area contributed by atoms with Gasteiger partial charge in [-0.25, -0.2) is 4.98 Å². The van der Waals surface area contributed by atoms with Crippen LogP contribution in [0.2, 0.25) is 5.02 Å². The number of aromatic nitrogens is 2. The van der Waals surface area contributed by atoms with E-state index < -0.39 is 16.8 Å². The van der Waals surface area contributed by atoms with Crippen LogP contribution in [0.3, 0.4) is 0 Å². The monoisotopic (exact) mass is 372 g/mol. The van der Waals surface area contributed by atoms with Crippen LogP contribution in [0.4, 0.5) is 14.7 Å². The van der Waals surface area contributed by atoms with Gasteiger partial charge in [0.15, 0.2) is 0 Å². The summed E-state index contributed by atoms with van der Waals surface area (Å²) in [6.07, 6.45) is 0. The van der Waals surface area contributed by atoms with Gasteiger partial charge in [-0.05, 0) is 6.07 Å². The molecule has 0 radical (unpaired) electrons. The topological polar surface area (TPSA) is 76.5 Å². The predicted molar refractivity (Wildman–Crippen MR) is 82.0 cm³/mol. The number of fused-ring (bicyclic) bond motifs is 1. The first kappa shape index (κ1) is 17.1. The van der Waals surface area contributed by atoms with Crippen LogP contribution in [-0.4, -0.2) is 42.4 Å². The van der Waals surface area contributed by atoms with Gasteiger partial charge in [0.2, 0.25) is 5.95 Å². The first-order valence-electron chi connectivity index (χ1n) is 5.68. The molecule has 0 aliphatic rings. The van der Waals surface area contributed by atoms with Gasteiger partial charge in [-0.2, -0.15) is 25.5 Å². The minimum absolute atomic E-state index is 0.0943. The van der Waals surface area contributed by atoms with E-state index in [2.05, 4.69) is 27.3 Å². The van der Waals surface area contributed by atoms with Crippen LogP contribution in [0.15, 0.2) is 12.1 Å². The minimum Gasteiger partial charge on any atom is -0.433 e. The van der Waals surface area contributed by atoms with E-state index in [4.69, 9.17) is 11.6 Å². The Morgan fingerprint density at radius 2 is 2.09 bits per heavy atom. The van der Waals surface area contributed by atoms with Gasteiger partial charge < -0.3 is 9.46 Å². The molecule has 0 spiro atoms. The Kier molecular flexibility index (Phi) is 4.70. The van der Waals surface area contributed by atoms with E-state index in [9.17, 15) is 17.2 Å². The van der Waals surface area contributed by atoms with Crippen molar-refractivity contribution in [3.8, 4) is 5.75 Å². The number of halogens is 3. The van der Waals surface area contributed by atoms with Crippen molar-refractivity contribution in [1.29, 1.82) is 0 Å². The number of ether oxygens (including phenoxy) is 1. The van der Waals surface area contributed by atoms with Gasteiger partial charge in [-0.1, -0.05) is 24.4 Å². The summed E-state index contributed by atoms with van der Waals surface area (Å²) >= 11 is 9.65. The number of benzene rings is 1. The highest BCUT2D eigenvalue weighted by Crippen LogP contribution is 2.33. The van der Waals surface area contributed by atoms with Crippen LogP contribution >= 0.6 is 24.4 Å². The highest BCUT2D eigenvalue weighted by atomic mass is 35.5. The zero-order valence-electron chi connectivity index (χ0n) is 11.3. The highest BCUT2D eigenvalue weighted by molar-refractivity contribution is 7.88. The number of nitrogens with zero attached hydrogens (tertiary/aromatic N) is 3. The lowest BCUT2D eigenvalue weighted by Gasteiger charge is -2.15. The number of thiol groups is 1. The zero-order valence-corrected chi connectivity index (χ0v) is 13.8. The van der Waals surface area contributed by atoms with Crippen LogP contribution in [0.5, 0.6) is 5.75 Å². The minimum atomic E-state index is -3.93. The van der Waals surface area contributed by atoms with E-state index in [1.165, 1.54) is 20.2 Å². The maximum atomic E-state index is 12.3. The average molecular weight is 373 g/mol. The highest BCUT2D eigenvalue weighted by Gasteiger charge is 2.25. The standard InChI is InChI=1S/C10H11ClF2N4O3S2/c1-16(2)22(18,19)17-7-3-5(11)8(20-9(12)13)4-6(7)14-10(17)15-21/h3-4,9,21H,1-2H3,(H,14,15). The van der Waals surface area contributed by atoms with E-state index in [1.54, 1.807) is 0 Å². The number of nitrogens with one attached hydrogen (secondary N) is 1. The molecule has 1 aromatic heterocycles. The van der Waals surface area contributed by atoms with E-state index in [0.29, 0.717) is 0 Å². The van der Waals surface area contributed by atoms with E-state index >= 15 is 0 Å². The average Bonchev–Trinajstić information content (AvgIpc) is 2.76. The maximum absolute atomic E-state index is 12.3. The fourth-order valence-corrected chi connectivity index (χ4v) is 3.16. The molecule has 2 rings (SSSR count). The van der Waals surface area contributed by atoms with Crippen molar-refractivity contribution in [1.82, 2.24) is 13.3 Å². The number of hydrogen-bond donors (Lipinski definition) is 2. The molecule has 0 aliphatic carbocycles. The lowest BCUT2D eigenvalue weighted by Crippen LogP contribution is -2.29. The second-order valence-corrected chi connectivity index (χ2v) is 6.87. The molecule has 0 unspecified atom stereocenters. The van der Waals surface area contributed by atoms with Gasteiger partial charge in [-0.3, -0.25) is 0 Å². The van der Waals surface area contributed by atoms with Gasteiger partial charge in [0.25, 0.3) is 0 Å². The first-order chi connectivity index (χ1) is 10.2. The predicted octanol–water partition coefficient (Wildman–Crippen LogP) is 2.20. The van der Waals surface area contributed by atoms with Gasteiger partial charge in [-0.15, -0.1) is 0 Å². The van der Waals surface area contributed by atoms with Crippen molar-refractivity contribution in [2.45, 2.75) is 6.61 Å². The molecule has 7 nitrogen and oxygen atoms in total. The molecule has 22 heavy (non-hydrogen) atoms. The molecule has 0 aliphatic heterocycles. The maximum Gasteiger partial charge on any atom is 0.387 e. The van der Waals surface area contributed by atoms with E-state index in [1.807, 2.05) is 0 Å². The summed E-state index contributed by atoms with van der Waals surface area (Å²) in [6.45, 7) is -3.06. The van der Waals surface area contributed by atoms with Crippen molar-refractivity contribution in [3.63, 3.8) is 0 Å². The molecule has 1 aromatic carbocycles. The molecule has 122 valence electrons. The molecule has 12 heteroatoms. The van der Waals surface area contributed by atoms with Gasteiger partial charge >= 0.3 is 16.8 Å². The van der Waals surface area contributed by atoms with Crippen LogP contribution in [0.1, 0.15) is 0 Å². The Balaban J connectivity index is 2.75. The summed E-state index contributed by atoms with van der Waals surface area (Å²) in [6, 6.07) is 2.30. The summed E-state index contributed by atoms with van der Waals surface area (Å²) in [5, 5.41) is -0.173. The molecule has 1 N–H and O–H groups in total. The SMILES string of the molecule is CN(C)S(=O)(=O)n1c(NS)nc2cc(OC(F)F)c(Cl)cc21. The molecular weight excluding hydrogens is 362 g/mol. The Hall–Kier alpha value is -1.30. The molecule has 0 fully saturated rings. The molecule has 0 saturated carbocycles. The van der Waals surface area contributed by atoms with Gasteiger partial charge in [0.05, 0.1) is 16.1 Å². The third-order valence-electron chi connectivity index (χ3n) is 2.67. The fourth-order valence-electron chi connectivity index (χ4n) is 1.71. The summed E-state index contributed by atoms with van der Waals surface area (Å²) in [5.41, 5.74) is 0.193. The molecule has 0 amide bonds. The molecule has 2 aromatic rings. The van der Waals surface area contributed by atoms with Crippen molar-refractivity contribution in [2.75, 3.05) is 18.8 Å². The molecule has 0 atom stereocenters. The van der Waals surface area contributed by atoms with Crippen molar-refractivity contribution in [2.24, 2.45) is 0 Å². The number of rotatable bonds is 5. The van der Waals surface area contributed by atoms with Crippen molar-refractivity contribution < 1.29 is 21.9 Å². The molecular formula is C10H11ClF2N4O3S2. The zero-order chi connectivity index (χ0) is 16.7. The lowest BCUT2D eigenvalue weighted by atomic mass is 10.3. The number of anilines is 1. The summed E-state index contributed by atoms with van der Waals surface area (Å²) in [4.78, 5) is 3.97. The largest absolute Gasteiger partial charge is 0.433 e. The van der Waals surface area contributed by atoms with Gasteiger partial charge in [0.1, 0.15) is 5.75 Å². The number of hydrogen-bond acceptors (Lipinski definition) is 6. The van der Waals surface area contributed by atoms with E-state index in [-0.39, 0.29) is 27.8 Å². The van der Waals surface area contributed by atoms with Crippen molar-refractivity contribution in [3.05, 3.63) is 17.2 Å². The van der Waals surface area contributed by atoms with Crippen LogP contribution in [0.25, 0.3) is 11.0 Å². The molecule has 1 heterocycles. The number of alkyl halides is 2. The first-order valence-corrected chi connectivity index (χ1v) is 7.90. The second-order valence-electron chi connectivity index (χ2n) is 4.25. The van der Waals surface area contributed by atoms with Gasteiger partial charge in [0, 0.05) is 20.2 Å². The van der Waals surface area contributed by atoms with E-state index in [0.717, 1.165) is 14.3 Å². The lowest BCUT2D eigenvalue weighted by molar-refractivity contribution is -0.0497. The van der Waals surface area contributed by atoms with Crippen LogP contribution in [-0.2, 0) is 10.2 Å². The Labute approximate surface area is 135 Å². The third kappa shape index (κ3) is 2.93. The van der Waals surface area contributed by atoms with Crippen molar-refractivity contribution >= 4 is 51.6 Å². The molecule has 0 bridgehead atoms. The number of imidazole rings is 1. The summed E-state index contributed by atoms with van der Waals surface area (Å²) < 4.78 is 57.7. The fraction of sp³-hybridized carbons (Fsp3) is 0.300. The summed E-state index contributed by atoms with van der Waals surface area (Å²) in [7, 11) is -1.26.